The highest BCUT2D eigenvalue weighted by Crippen LogP contribution is 2.41. The summed E-state index contributed by atoms with van der Waals surface area (Å²) in [4.78, 5) is 59.3. The van der Waals surface area contributed by atoms with Crippen molar-refractivity contribution in [2.75, 3.05) is 63.4 Å². The molecule has 1 aliphatic heterocycles. The number of nitrogens with zero attached hydrogens (tertiary/aromatic N) is 1. The molecule has 3 atom stereocenters. The molecule has 62 heavy (non-hydrogen) atoms. The molecule has 17 heteroatoms. The summed E-state index contributed by atoms with van der Waals surface area (Å²) in [7, 11) is 11.9. The summed E-state index contributed by atoms with van der Waals surface area (Å²) >= 11 is 0. The Morgan fingerprint density at radius 2 is 1.05 bits per heavy atom. The molecule has 4 rings (SSSR count). The SMILES string of the molecule is CC.CC[C@H](C(=O)N1CCCC[C@H]1C(=O)O)c1cc(C=O)c(OC)c(OC)c1.CC[C@H](C(=O)O)c1cc(OC)c(OC)c(OC)c1.COc1cc(CC(=O)O)cc(OC)c1OC. The zero-order chi connectivity index (χ0) is 47.1. The van der Waals surface area contributed by atoms with E-state index in [0.717, 1.165) is 12.8 Å². The van der Waals surface area contributed by atoms with Gasteiger partial charge in [-0.1, -0.05) is 27.7 Å². The first-order chi connectivity index (χ1) is 29.7. The highest BCUT2D eigenvalue weighted by molar-refractivity contribution is 5.90. The van der Waals surface area contributed by atoms with Gasteiger partial charge in [0.2, 0.25) is 17.4 Å². The van der Waals surface area contributed by atoms with Crippen molar-refractivity contribution in [2.24, 2.45) is 0 Å². The number of hydrogen-bond acceptors (Lipinski definition) is 13. The normalized spacial score (nSPS) is 13.6. The van der Waals surface area contributed by atoms with Gasteiger partial charge in [-0.15, -0.1) is 0 Å². The minimum atomic E-state index is -0.978. The number of piperidine rings is 1. The molecule has 0 unspecified atom stereocenters. The van der Waals surface area contributed by atoms with Crippen LogP contribution in [0, 0.1) is 0 Å². The molecular formula is C45H63NO16. The molecule has 3 N–H and O–H groups in total. The number of hydrogen-bond donors (Lipinski definition) is 3. The minimum absolute atomic E-state index is 0.0866. The lowest BCUT2D eigenvalue weighted by Gasteiger charge is -2.35. The van der Waals surface area contributed by atoms with Gasteiger partial charge in [-0.3, -0.25) is 19.2 Å². The van der Waals surface area contributed by atoms with E-state index in [2.05, 4.69) is 0 Å². The Kier molecular flexibility index (Phi) is 23.7. The molecule has 1 heterocycles. The van der Waals surface area contributed by atoms with Crippen molar-refractivity contribution in [1.29, 1.82) is 0 Å². The van der Waals surface area contributed by atoms with Crippen molar-refractivity contribution >= 4 is 30.1 Å². The van der Waals surface area contributed by atoms with E-state index in [4.69, 9.17) is 48.1 Å². The molecule has 1 aliphatic rings. The van der Waals surface area contributed by atoms with Crippen LogP contribution in [-0.4, -0.2) is 120 Å². The van der Waals surface area contributed by atoms with E-state index < -0.39 is 35.8 Å². The van der Waals surface area contributed by atoms with Crippen LogP contribution in [0.1, 0.15) is 98.7 Å². The van der Waals surface area contributed by atoms with Gasteiger partial charge >= 0.3 is 17.9 Å². The quantitative estimate of drug-likeness (QED) is 0.108. The first-order valence-corrected chi connectivity index (χ1v) is 20.0. The first-order valence-electron chi connectivity index (χ1n) is 20.0. The van der Waals surface area contributed by atoms with Crippen LogP contribution in [0.4, 0.5) is 0 Å². The molecule has 0 aromatic heterocycles. The van der Waals surface area contributed by atoms with Crippen LogP contribution in [0.25, 0.3) is 0 Å². The van der Waals surface area contributed by atoms with Gasteiger partial charge in [0.25, 0.3) is 0 Å². The largest absolute Gasteiger partial charge is 0.493 e. The standard InChI is InChI=1S/C19H25NO6.C13H18O5.C11H14O5.C2H6/c1-4-14(18(22)20-8-6-5-7-15(20)19(23)24)12-9-13(11-21)17(26-3)16(10-12)25-2;1-5-9(13(14)15)8-6-10(16-2)12(18-4)11(7-8)17-3;1-14-8-4-7(6-10(12)13)5-9(15-2)11(8)16-3;1-2/h9-11,14-15H,4-8H2,1-3H3,(H,23,24);6-7,9H,5H2,1-4H3,(H,14,15);4-5H,6H2,1-3H3,(H,12,13);1-2H3/t14-,15-;9-;;/m00../s1. The second-order valence-electron chi connectivity index (χ2n) is 13.2. The Morgan fingerprint density at radius 3 is 1.40 bits per heavy atom. The number of ether oxygens (including phenoxy) is 8. The fraction of sp³-hybridized carbons (Fsp3) is 0.489. The zero-order valence-electron chi connectivity index (χ0n) is 37.8. The lowest BCUT2D eigenvalue weighted by atomic mass is 9.91. The number of likely N-dealkylation sites (tertiary alicyclic amines) is 1. The molecule has 1 saturated heterocycles. The van der Waals surface area contributed by atoms with Crippen molar-refractivity contribution in [3.63, 3.8) is 0 Å². The summed E-state index contributed by atoms with van der Waals surface area (Å²) in [6, 6.07) is 9.08. The van der Waals surface area contributed by atoms with Crippen molar-refractivity contribution in [3.05, 3.63) is 58.7 Å². The topological polar surface area (TPSA) is 223 Å². The minimum Gasteiger partial charge on any atom is -0.493 e. The van der Waals surface area contributed by atoms with E-state index in [9.17, 15) is 29.1 Å². The smallest absolute Gasteiger partial charge is 0.326 e. The summed E-state index contributed by atoms with van der Waals surface area (Å²) in [6.07, 6.45) is 3.59. The third-order valence-electron chi connectivity index (χ3n) is 9.71. The van der Waals surface area contributed by atoms with Crippen LogP contribution in [0.5, 0.6) is 46.0 Å². The third kappa shape index (κ3) is 14.1. The molecule has 0 spiro atoms. The molecule has 0 radical (unpaired) electrons. The van der Waals surface area contributed by atoms with Gasteiger partial charge in [-0.25, -0.2) is 4.79 Å². The van der Waals surface area contributed by atoms with Crippen molar-refractivity contribution in [3.8, 4) is 46.0 Å². The van der Waals surface area contributed by atoms with Crippen LogP contribution in [0.3, 0.4) is 0 Å². The predicted octanol–water partition coefficient (Wildman–Crippen LogP) is 7.13. The fourth-order valence-electron chi connectivity index (χ4n) is 6.78. The van der Waals surface area contributed by atoms with Crippen LogP contribution in [0.2, 0.25) is 0 Å². The van der Waals surface area contributed by atoms with Gasteiger partial charge in [0.15, 0.2) is 40.8 Å². The molecule has 17 nitrogen and oxygen atoms in total. The zero-order valence-corrected chi connectivity index (χ0v) is 37.8. The first kappa shape index (κ1) is 53.6. The maximum absolute atomic E-state index is 13.1. The van der Waals surface area contributed by atoms with Crippen molar-refractivity contribution in [1.82, 2.24) is 4.90 Å². The van der Waals surface area contributed by atoms with E-state index in [1.54, 1.807) is 36.4 Å². The van der Waals surface area contributed by atoms with Crippen molar-refractivity contribution in [2.45, 2.75) is 84.1 Å². The maximum Gasteiger partial charge on any atom is 0.326 e. The summed E-state index contributed by atoms with van der Waals surface area (Å²) in [5.74, 6) is -0.676. The molecule has 0 aliphatic carbocycles. The number of carbonyl (C=O) groups excluding carboxylic acids is 2. The lowest BCUT2D eigenvalue weighted by molar-refractivity contribution is -0.152. The van der Waals surface area contributed by atoms with E-state index in [0.29, 0.717) is 100 Å². The van der Waals surface area contributed by atoms with Crippen LogP contribution in [0.15, 0.2) is 36.4 Å². The van der Waals surface area contributed by atoms with E-state index in [1.165, 1.54) is 61.8 Å². The molecule has 1 fully saturated rings. The summed E-state index contributed by atoms with van der Waals surface area (Å²) < 4.78 is 41.4. The second kappa shape index (κ2) is 27.5. The maximum atomic E-state index is 13.1. The summed E-state index contributed by atoms with van der Waals surface area (Å²) in [6.45, 7) is 8.11. The number of methoxy groups -OCH3 is 8. The van der Waals surface area contributed by atoms with Gasteiger partial charge in [0, 0.05) is 6.54 Å². The molecule has 0 bridgehead atoms. The van der Waals surface area contributed by atoms with Gasteiger partial charge in [0.1, 0.15) is 6.04 Å². The molecule has 0 saturated carbocycles. The van der Waals surface area contributed by atoms with Gasteiger partial charge in [0.05, 0.1) is 80.7 Å². The monoisotopic (exact) mass is 873 g/mol. The molecular weight excluding hydrogens is 810 g/mol. The highest BCUT2D eigenvalue weighted by atomic mass is 16.5. The third-order valence-corrected chi connectivity index (χ3v) is 9.71. The van der Waals surface area contributed by atoms with Gasteiger partial charge < -0.3 is 58.1 Å². The molecule has 3 aromatic rings. The van der Waals surface area contributed by atoms with Crippen LogP contribution < -0.4 is 37.9 Å². The van der Waals surface area contributed by atoms with Crippen molar-refractivity contribution < 1.29 is 77.2 Å². The molecule has 3 aromatic carbocycles. The van der Waals surface area contributed by atoms with E-state index in [1.807, 2.05) is 27.7 Å². The number of carboxylic acids is 3. The van der Waals surface area contributed by atoms with E-state index in [-0.39, 0.29) is 12.3 Å². The number of benzene rings is 3. The summed E-state index contributed by atoms with van der Waals surface area (Å²) in [5, 5.41) is 27.3. The highest BCUT2D eigenvalue weighted by Gasteiger charge is 2.36. The lowest BCUT2D eigenvalue weighted by Crippen LogP contribution is -2.49. The Hall–Kier alpha value is -6.39. The summed E-state index contributed by atoms with van der Waals surface area (Å²) in [5.41, 5.74) is 2.15. The number of carbonyl (C=O) groups is 5. The number of aldehydes is 1. The average molecular weight is 874 g/mol. The molecule has 344 valence electrons. The fourth-order valence-corrected chi connectivity index (χ4v) is 6.78. The number of amides is 1. The predicted molar refractivity (Wildman–Crippen MR) is 231 cm³/mol. The van der Waals surface area contributed by atoms with E-state index >= 15 is 0 Å². The number of rotatable bonds is 18. The second-order valence-corrected chi connectivity index (χ2v) is 13.2. The number of carboxylic acid groups (broad SMARTS) is 3. The Morgan fingerprint density at radius 1 is 0.629 bits per heavy atom. The number of aliphatic carboxylic acids is 3. The average Bonchev–Trinajstić information content (AvgIpc) is 3.28. The van der Waals surface area contributed by atoms with Gasteiger partial charge in [-0.05, 0) is 85.2 Å². The Labute approximate surface area is 363 Å². The van der Waals surface area contributed by atoms with Crippen LogP contribution >= 0.6 is 0 Å². The van der Waals surface area contributed by atoms with Gasteiger partial charge in [-0.2, -0.15) is 0 Å². The Balaban J connectivity index is 0.000000472. The molecule has 1 amide bonds. The Bertz CT molecular complexity index is 1880. The van der Waals surface area contributed by atoms with Crippen LogP contribution in [-0.2, 0) is 25.6 Å².